The lowest BCUT2D eigenvalue weighted by Crippen LogP contribution is -2.35. The number of piperidine rings is 1. The molecule has 116 valence electrons. The summed E-state index contributed by atoms with van der Waals surface area (Å²) in [6.45, 7) is 2.93. The Morgan fingerprint density at radius 2 is 2.00 bits per heavy atom. The number of aliphatic hydroxyl groups excluding tert-OH is 1. The van der Waals surface area contributed by atoms with Gasteiger partial charge in [-0.25, -0.2) is 4.98 Å². The lowest BCUT2D eigenvalue weighted by Gasteiger charge is -2.33. The first-order valence-corrected chi connectivity index (χ1v) is 7.80. The summed E-state index contributed by atoms with van der Waals surface area (Å²) in [6, 6.07) is 8.02. The predicted molar refractivity (Wildman–Crippen MR) is 87.8 cm³/mol. The predicted octanol–water partition coefficient (Wildman–Crippen LogP) is 2.30. The number of pyridine rings is 2. The van der Waals surface area contributed by atoms with Crippen molar-refractivity contribution in [3.63, 3.8) is 0 Å². The molecule has 0 unspecified atom stereocenters. The van der Waals surface area contributed by atoms with Gasteiger partial charge in [0.2, 0.25) is 0 Å². The molecule has 2 aromatic heterocycles. The normalized spacial score (nSPS) is 15.8. The van der Waals surface area contributed by atoms with E-state index < -0.39 is 0 Å². The number of nitrogens with one attached hydrogen (secondary N) is 1. The van der Waals surface area contributed by atoms with Crippen molar-refractivity contribution >= 4 is 11.5 Å². The molecule has 3 heterocycles. The van der Waals surface area contributed by atoms with Crippen LogP contribution in [0.2, 0.25) is 0 Å². The largest absolute Gasteiger partial charge is 0.396 e. The van der Waals surface area contributed by atoms with Crippen LogP contribution in [-0.2, 0) is 6.54 Å². The SMILES string of the molecule is OCC1CCN(c2ncccc2NCc2cccnc2)CC1. The lowest BCUT2D eigenvalue weighted by molar-refractivity contribution is 0.203. The van der Waals surface area contributed by atoms with Crippen molar-refractivity contribution < 1.29 is 5.11 Å². The maximum absolute atomic E-state index is 9.26. The summed E-state index contributed by atoms with van der Waals surface area (Å²) in [5, 5.41) is 12.7. The van der Waals surface area contributed by atoms with E-state index in [0.29, 0.717) is 12.5 Å². The summed E-state index contributed by atoms with van der Waals surface area (Å²) in [6.07, 6.45) is 7.53. The Kier molecular flexibility index (Phi) is 4.85. The van der Waals surface area contributed by atoms with Gasteiger partial charge in [-0.05, 0) is 42.5 Å². The van der Waals surface area contributed by atoms with Crippen molar-refractivity contribution in [3.8, 4) is 0 Å². The van der Waals surface area contributed by atoms with E-state index in [4.69, 9.17) is 0 Å². The molecule has 3 rings (SSSR count). The summed E-state index contributed by atoms with van der Waals surface area (Å²) in [7, 11) is 0. The highest BCUT2D eigenvalue weighted by Gasteiger charge is 2.21. The second-order valence-corrected chi connectivity index (χ2v) is 5.70. The average Bonchev–Trinajstić information content (AvgIpc) is 2.61. The van der Waals surface area contributed by atoms with Crippen molar-refractivity contribution in [2.24, 2.45) is 5.92 Å². The van der Waals surface area contributed by atoms with Crippen LogP contribution in [0.4, 0.5) is 11.5 Å². The van der Waals surface area contributed by atoms with Gasteiger partial charge in [-0.15, -0.1) is 0 Å². The summed E-state index contributed by atoms with van der Waals surface area (Å²) in [5.74, 6) is 1.44. The van der Waals surface area contributed by atoms with Crippen molar-refractivity contribution in [2.75, 3.05) is 29.9 Å². The third kappa shape index (κ3) is 3.54. The zero-order chi connectivity index (χ0) is 15.2. The molecular weight excluding hydrogens is 276 g/mol. The van der Waals surface area contributed by atoms with Crippen LogP contribution in [-0.4, -0.2) is 34.8 Å². The van der Waals surface area contributed by atoms with Gasteiger partial charge in [0.05, 0.1) is 5.69 Å². The van der Waals surface area contributed by atoms with E-state index >= 15 is 0 Å². The van der Waals surface area contributed by atoms with Gasteiger partial charge in [-0.2, -0.15) is 0 Å². The molecule has 5 nitrogen and oxygen atoms in total. The third-order valence-electron chi connectivity index (χ3n) is 4.16. The van der Waals surface area contributed by atoms with E-state index in [2.05, 4.69) is 32.3 Å². The number of hydrogen-bond donors (Lipinski definition) is 2. The minimum atomic E-state index is 0.294. The van der Waals surface area contributed by atoms with E-state index in [0.717, 1.165) is 49.5 Å². The van der Waals surface area contributed by atoms with Gasteiger partial charge in [0, 0.05) is 44.8 Å². The topological polar surface area (TPSA) is 61.3 Å². The average molecular weight is 298 g/mol. The number of nitrogens with zero attached hydrogens (tertiary/aromatic N) is 3. The van der Waals surface area contributed by atoms with Crippen LogP contribution >= 0.6 is 0 Å². The highest BCUT2D eigenvalue weighted by molar-refractivity contribution is 5.65. The zero-order valence-electron chi connectivity index (χ0n) is 12.7. The van der Waals surface area contributed by atoms with Crippen LogP contribution in [0.25, 0.3) is 0 Å². The molecule has 0 spiro atoms. The van der Waals surface area contributed by atoms with Crippen LogP contribution in [0, 0.1) is 5.92 Å². The van der Waals surface area contributed by atoms with Crippen LogP contribution in [0.3, 0.4) is 0 Å². The molecule has 1 fully saturated rings. The van der Waals surface area contributed by atoms with Gasteiger partial charge in [0.25, 0.3) is 0 Å². The number of anilines is 2. The standard InChI is InChI=1S/C17H22N4O/c22-13-14-5-9-21(10-6-14)17-16(4-2-8-19-17)20-12-15-3-1-7-18-11-15/h1-4,7-8,11,14,20,22H,5-6,9-10,12-13H2. The first-order chi connectivity index (χ1) is 10.9. The van der Waals surface area contributed by atoms with Gasteiger partial charge < -0.3 is 15.3 Å². The zero-order valence-corrected chi connectivity index (χ0v) is 12.7. The monoisotopic (exact) mass is 298 g/mol. The molecule has 0 aromatic carbocycles. The molecule has 0 atom stereocenters. The second-order valence-electron chi connectivity index (χ2n) is 5.70. The minimum absolute atomic E-state index is 0.294. The van der Waals surface area contributed by atoms with Gasteiger partial charge >= 0.3 is 0 Å². The van der Waals surface area contributed by atoms with Crippen molar-refractivity contribution in [1.82, 2.24) is 9.97 Å². The molecule has 1 saturated heterocycles. The Labute approximate surface area is 131 Å². The molecule has 0 aliphatic carbocycles. The molecule has 0 bridgehead atoms. The van der Waals surface area contributed by atoms with Crippen LogP contribution < -0.4 is 10.2 Å². The Morgan fingerprint density at radius 1 is 1.18 bits per heavy atom. The molecule has 2 N–H and O–H groups in total. The third-order valence-corrected chi connectivity index (χ3v) is 4.16. The summed E-state index contributed by atoms with van der Waals surface area (Å²) >= 11 is 0. The molecule has 2 aromatic rings. The van der Waals surface area contributed by atoms with Crippen LogP contribution in [0.15, 0.2) is 42.9 Å². The van der Waals surface area contributed by atoms with Crippen molar-refractivity contribution in [2.45, 2.75) is 19.4 Å². The van der Waals surface area contributed by atoms with Crippen molar-refractivity contribution in [3.05, 3.63) is 48.4 Å². The maximum atomic E-state index is 9.26. The fourth-order valence-electron chi connectivity index (χ4n) is 2.81. The molecule has 5 heteroatoms. The van der Waals surface area contributed by atoms with Gasteiger partial charge in [0.15, 0.2) is 5.82 Å². The first kappa shape index (κ1) is 14.8. The number of rotatable bonds is 5. The van der Waals surface area contributed by atoms with Gasteiger partial charge in [0.1, 0.15) is 0 Å². The highest BCUT2D eigenvalue weighted by atomic mass is 16.3. The van der Waals surface area contributed by atoms with Gasteiger partial charge in [-0.1, -0.05) is 6.07 Å². The second kappa shape index (κ2) is 7.22. The fourth-order valence-corrected chi connectivity index (χ4v) is 2.81. The maximum Gasteiger partial charge on any atom is 0.151 e. The first-order valence-electron chi connectivity index (χ1n) is 7.80. The molecule has 0 saturated carbocycles. The Balaban J connectivity index is 1.68. The van der Waals surface area contributed by atoms with E-state index in [1.165, 1.54) is 0 Å². The van der Waals surface area contributed by atoms with Crippen LogP contribution in [0.1, 0.15) is 18.4 Å². The molecule has 1 aliphatic rings. The molecular formula is C17H22N4O. The quantitative estimate of drug-likeness (QED) is 0.887. The van der Waals surface area contributed by atoms with Crippen molar-refractivity contribution in [1.29, 1.82) is 0 Å². The highest BCUT2D eigenvalue weighted by Crippen LogP contribution is 2.27. The number of aromatic nitrogens is 2. The summed E-state index contributed by atoms with van der Waals surface area (Å²) in [4.78, 5) is 11.0. The molecule has 0 radical (unpaired) electrons. The lowest BCUT2D eigenvalue weighted by atomic mass is 9.98. The molecule has 22 heavy (non-hydrogen) atoms. The minimum Gasteiger partial charge on any atom is -0.396 e. The van der Waals surface area contributed by atoms with Gasteiger partial charge in [-0.3, -0.25) is 4.98 Å². The van der Waals surface area contributed by atoms with E-state index in [1.54, 1.807) is 6.20 Å². The number of hydrogen-bond acceptors (Lipinski definition) is 5. The van der Waals surface area contributed by atoms with E-state index in [-0.39, 0.29) is 0 Å². The van der Waals surface area contributed by atoms with E-state index in [1.807, 2.05) is 24.5 Å². The Morgan fingerprint density at radius 3 is 2.73 bits per heavy atom. The summed E-state index contributed by atoms with van der Waals surface area (Å²) < 4.78 is 0. The summed E-state index contributed by atoms with van der Waals surface area (Å²) in [5.41, 5.74) is 2.20. The van der Waals surface area contributed by atoms with E-state index in [9.17, 15) is 5.11 Å². The molecule has 1 aliphatic heterocycles. The Hall–Kier alpha value is -2.14. The molecule has 0 amide bonds. The Bertz CT molecular complexity index is 582. The van der Waals surface area contributed by atoms with Crippen LogP contribution in [0.5, 0.6) is 0 Å². The fraction of sp³-hybridized carbons (Fsp3) is 0.412. The number of aliphatic hydroxyl groups is 1. The smallest absolute Gasteiger partial charge is 0.151 e.